The van der Waals surface area contributed by atoms with Crippen molar-refractivity contribution >= 4 is 17.9 Å². The summed E-state index contributed by atoms with van der Waals surface area (Å²) in [5.74, 6) is -1.62. The number of nitrogens with zero attached hydrogens (tertiary/aromatic N) is 2. The number of aliphatic carboxylic acids is 1. The summed E-state index contributed by atoms with van der Waals surface area (Å²) in [6, 6.07) is -0.231. The van der Waals surface area contributed by atoms with Crippen molar-refractivity contribution in [3.63, 3.8) is 0 Å². The van der Waals surface area contributed by atoms with Gasteiger partial charge in [-0.25, -0.2) is 4.79 Å². The van der Waals surface area contributed by atoms with E-state index in [0.29, 0.717) is 19.5 Å². The Hall–Kier alpha value is -1.79. The van der Waals surface area contributed by atoms with E-state index in [4.69, 9.17) is 5.11 Å². The van der Waals surface area contributed by atoms with Crippen LogP contribution in [0.25, 0.3) is 0 Å². The molecule has 0 aromatic heterocycles. The van der Waals surface area contributed by atoms with Crippen LogP contribution in [0.1, 0.15) is 20.3 Å². The highest BCUT2D eigenvalue weighted by atomic mass is 16.4. The topological polar surface area (TPSA) is 90.0 Å². The van der Waals surface area contributed by atoms with Crippen LogP contribution in [0.15, 0.2) is 0 Å². The van der Waals surface area contributed by atoms with Crippen LogP contribution in [-0.4, -0.2) is 66.5 Å². The summed E-state index contributed by atoms with van der Waals surface area (Å²) in [5.41, 5.74) is -0.566. The number of hydrogen-bond acceptors (Lipinski definition) is 3. The minimum atomic E-state index is -0.929. The number of nitrogens with one attached hydrogen (secondary N) is 1. The Morgan fingerprint density at radius 3 is 2.55 bits per heavy atom. The molecular formula is C13H23N3O4. The van der Waals surface area contributed by atoms with Gasteiger partial charge in [-0.2, -0.15) is 0 Å². The Kier molecular flexibility index (Phi) is 4.97. The molecule has 7 heteroatoms. The first-order chi connectivity index (χ1) is 9.21. The third kappa shape index (κ3) is 3.40. The first-order valence-electron chi connectivity index (χ1n) is 6.66. The lowest BCUT2D eigenvalue weighted by atomic mass is 9.89. The molecule has 0 bridgehead atoms. The fourth-order valence-corrected chi connectivity index (χ4v) is 2.42. The van der Waals surface area contributed by atoms with Gasteiger partial charge in [-0.05, 0) is 13.3 Å². The lowest BCUT2D eigenvalue weighted by Gasteiger charge is -2.27. The van der Waals surface area contributed by atoms with Crippen molar-refractivity contribution in [2.75, 3.05) is 33.7 Å². The second-order valence-corrected chi connectivity index (χ2v) is 5.71. The number of urea groups is 1. The van der Waals surface area contributed by atoms with Gasteiger partial charge < -0.3 is 20.2 Å². The fraction of sp³-hybridized carbons (Fsp3) is 0.769. The minimum absolute atomic E-state index is 0.0747. The molecule has 20 heavy (non-hydrogen) atoms. The van der Waals surface area contributed by atoms with Gasteiger partial charge in [0.15, 0.2) is 0 Å². The van der Waals surface area contributed by atoms with Crippen molar-refractivity contribution in [2.45, 2.75) is 20.3 Å². The van der Waals surface area contributed by atoms with Crippen LogP contribution in [0.3, 0.4) is 0 Å². The summed E-state index contributed by atoms with van der Waals surface area (Å²) in [5, 5.41) is 11.5. The van der Waals surface area contributed by atoms with Crippen molar-refractivity contribution in [1.82, 2.24) is 15.1 Å². The molecule has 2 N–H and O–H groups in total. The Morgan fingerprint density at radius 1 is 1.45 bits per heavy atom. The summed E-state index contributed by atoms with van der Waals surface area (Å²) < 4.78 is 0. The molecule has 1 saturated heterocycles. The highest BCUT2D eigenvalue weighted by molar-refractivity contribution is 5.84. The molecule has 114 valence electrons. The normalized spacial score (nSPS) is 23.3. The standard InChI is InChI=1S/C13H23N3O4/c1-9(10(17)18)7-15(4)12(20)16-6-5-13(2,8-16)11(19)14-3/h9H,5-8H2,1-4H3,(H,14,19)(H,17,18). The summed E-state index contributed by atoms with van der Waals surface area (Å²) in [7, 11) is 3.16. The third-order valence-corrected chi connectivity index (χ3v) is 3.81. The Morgan fingerprint density at radius 2 is 2.05 bits per heavy atom. The number of likely N-dealkylation sites (tertiary alicyclic amines) is 1. The number of rotatable bonds is 4. The SMILES string of the molecule is CNC(=O)C1(C)CCN(C(=O)N(C)CC(C)C(=O)O)C1. The molecule has 7 nitrogen and oxygen atoms in total. The summed E-state index contributed by atoms with van der Waals surface area (Å²) in [6.45, 7) is 4.41. The monoisotopic (exact) mass is 285 g/mol. The van der Waals surface area contributed by atoms with Crippen molar-refractivity contribution in [3.8, 4) is 0 Å². The highest BCUT2D eigenvalue weighted by Crippen LogP contribution is 2.30. The van der Waals surface area contributed by atoms with Gasteiger partial charge in [0.2, 0.25) is 5.91 Å². The minimum Gasteiger partial charge on any atom is -0.481 e. The molecule has 0 aliphatic carbocycles. The maximum absolute atomic E-state index is 12.2. The van der Waals surface area contributed by atoms with Crippen LogP contribution < -0.4 is 5.32 Å². The fourth-order valence-electron chi connectivity index (χ4n) is 2.42. The maximum atomic E-state index is 12.2. The van der Waals surface area contributed by atoms with E-state index in [0.717, 1.165) is 0 Å². The van der Waals surface area contributed by atoms with E-state index in [1.54, 1.807) is 25.9 Å². The van der Waals surface area contributed by atoms with E-state index in [9.17, 15) is 14.4 Å². The number of carboxylic acids is 1. The van der Waals surface area contributed by atoms with E-state index >= 15 is 0 Å². The first kappa shape index (κ1) is 16.3. The number of carbonyl (C=O) groups is 3. The van der Waals surface area contributed by atoms with Crippen molar-refractivity contribution in [2.24, 2.45) is 11.3 Å². The second-order valence-electron chi connectivity index (χ2n) is 5.71. The largest absolute Gasteiger partial charge is 0.481 e. The van der Waals surface area contributed by atoms with Crippen LogP contribution in [-0.2, 0) is 9.59 Å². The van der Waals surface area contributed by atoms with Gasteiger partial charge in [-0.1, -0.05) is 6.92 Å². The van der Waals surface area contributed by atoms with Gasteiger partial charge in [-0.3, -0.25) is 9.59 Å². The predicted molar refractivity (Wildman–Crippen MR) is 73.2 cm³/mol. The second kappa shape index (κ2) is 6.11. The molecule has 0 saturated carbocycles. The molecule has 1 aliphatic rings. The van der Waals surface area contributed by atoms with E-state index in [-0.39, 0.29) is 18.5 Å². The van der Waals surface area contributed by atoms with Crippen LogP contribution in [0.5, 0.6) is 0 Å². The summed E-state index contributed by atoms with van der Waals surface area (Å²) in [6.07, 6.45) is 0.612. The molecule has 1 aliphatic heterocycles. The molecule has 2 unspecified atom stereocenters. The molecule has 0 radical (unpaired) electrons. The van der Waals surface area contributed by atoms with Crippen molar-refractivity contribution in [3.05, 3.63) is 0 Å². The van der Waals surface area contributed by atoms with Gasteiger partial charge in [0.05, 0.1) is 11.3 Å². The molecule has 1 heterocycles. The molecule has 0 spiro atoms. The smallest absolute Gasteiger partial charge is 0.319 e. The number of carbonyl (C=O) groups excluding carboxylic acids is 2. The van der Waals surface area contributed by atoms with Crippen LogP contribution in [0, 0.1) is 11.3 Å². The Labute approximate surface area is 118 Å². The highest BCUT2D eigenvalue weighted by Gasteiger charge is 2.42. The quantitative estimate of drug-likeness (QED) is 0.773. The molecule has 1 rings (SSSR count). The van der Waals surface area contributed by atoms with Gasteiger partial charge >= 0.3 is 12.0 Å². The lowest BCUT2D eigenvalue weighted by molar-refractivity contribution is -0.141. The summed E-state index contributed by atoms with van der Waals surface area (Å²) in [4.78, 5) is 37.8. The van der Waals surface area contributed by atoms with E-state index in [1.807, 2.05) is 6.92 Å². The van der Waals surface area contributed by atoms with E-state index in [2.05, 4.69) is 5.32 Å². The number of hydrogen-bond donors (Lipinski definition) is 2. The van der Waals surface area contributed by atoms with Gasteiger partial charge in [-0.15, -0.1) is 0 Å². The molecule has 2 atom stereocenters. The Balaban J connectivity index is 2.62. The van der Waals surface area contributed by atoms with Gasteiger partial charge in [0.1, 0.15) is 0 Å². The van der Waals surface area contributed by atoms with Crippen molar-refractivity contribution < 1.29 is 19.5 Å². The maximum Gasteiger partial charge on any atom is 0.319 e. The van der Waals surface area contributed by atoms with Crippen LogP contribution >= 0.6 is 0 Å². The molecule has 0 aromatic carbocycles. The van der Waals surface area contributed by atoms with Gasteiger partial charge in [0, 0.05) is 33.7 Å². The van der Waals surface area contributed by atoms with E-state index in [1.165, 1.54) is 4.90 Å². The number of amides is 3. The zero-order chi connectivity index (χ0) is 15.5. The molecule has 0 aromatic rings. The summed E-state index contributed by atoms with van der Waals surface area (Å²) >= 11 is 0. The zero-order valence-electron chi connectivity index (χ0n) is 12.5. The number of carboxylic acid groups (broad SMARTS) is 1. The van der Waals surface area contributed by atoms with E-state index < -0.39 is 17.3 Å². The zero-order valence-corrected chi connectivity index (χ0v) is 12.5. The van der Waals surface area contributed by atoms with Gasteiger partial charge in [0.25, 0.3) is 0 Å². The third-order valence-electron chi connectivity index (χ3n) is 3.81. The van der Waals surface area contributed by atoms with Crippen LogP contribution in [0.4, 0.5) is 4.79 Å². The average molecular weight is 285 g/mol. The molecular weight excluding hydrogens is 262 g/mol. The molecule has 1 fully saturated rings. The van der Waals surface area contributed by atoms with Crippen LogP contribution in [0.2, 0.25) is 0 Å². The average Bonchev–Trinajstić information content (AvgIpc) is 2.80. The Bertz CT molecular complexity index is 412. The molecule has 3 amide bonds. The first-order valence-corrected chi connectivity index (χ1v) is 6.66. The lowest BCUT2D eigenvalue weighted by Crippen LogP contribution is -2.45. The van der Waals surface area contributed by atoms with Crippen molar-refractivity contribution in [1.29, 1.82) is 0 Å². The predicted octanol–water partition coefficient (Wildman–Crippen LogP) is 0.217.